The Morgan fingerprint density at radius 3 is 2.75 bits per heavy atom. The Balaban J connectivity index is 1.62. The van der Waals surface area contributed by atoms with Crippen LogP contribution in [0.2, 0.25) is 0 Å². The first-order chi connectivity index (χ1) is 11.6. The number of aromatic amines is 1. The summed E-state index contributed by atoms with van der Waals surface area (Å²) < 4.78 is 5.30. The highest BCUT2D eigenvalue weighted by atomic mass is 16.5. The minimum Gasteiger partial charge on any atom is -0.378 e. The second kappa shape index (κ2) is 7.59. The summed E-state index contributed by atoms with van der Waals surface area (Å²) in [6.45, 7) is 5.10. The van der Waals surface area contributed by atoms with E-state index in [1.807, 2.05) is 47.2 Å². The van der Waals surface area contributed by atoms with Gasteiger partial charge < -0.3 is 9.64 Å². The van der Waals surface area contributed by atoms with E-state index in [1.54, 1.807) is 0 Å². The van der Waals surface area contributed by atoms with Crippen LogP contribution < -0.4 is 0 Å². The molecule has 0 unspecified atom stereocenters. The molecule has 1 atom stereocenters. The number of aromatic nitrogens is 2. The first-order valence-electron chi connectivity index (χ1n) is 8.31. The third kappa shape index (κ3) is 3.83. The van der Waals surface area contributed by atoms with E-state index < -0.39 is 0 Å². The summed E-state index contributed by atoms with van der Waals surface area (Å²) in [6, 6.07) is 12.2. The highest BCUT2D eigenvalue weighted by molar-refractivity contribution is 5.78. The normalized spacial score (nSPS) is 16.4. The smallest absolute Gasteiger partial charge is 0.236 e. The Bertz CT molecular complexity index is 665. The number of H-pyrrole nitrogens is 1. The molecule has 0 saturated carbocycles. The molecule has 1 fully saturated rings. The van der Waals surface area contributed by atoms with Crippen molar-refractivity contribution in [2.24, 2.45) is 0 Å². The Labute approximate surface area is 142 Å². The van der Waals surface area contributed by atoms with Crippen molar-refractivity contribution in [2.45, 2.75) is 13.0 Å². The zero-order chi connectivity index (χ0) is 16.9. The lowest BCUT2D eigenvalue weighted by Gasteiger charge is -2.30. The molecule has 1 aliphatic rings. The number of carbonyl (C=O) groups is 1. The van der Waals surface area contributed by atoms with Gasteiger partial charge in [-0.15, -0.1) is 0 Å². The maximum atomic E-state index is 12.4. The standard InChI is InChI=1S/C18H24N4O2/c1-14(21(2)13-18(23)22-8-10-24-11-9-22)16-12-17(20-19-16)15-6-4-3-5-7-15/h3-7,12,14H,8-11,13H2,1-2H3,(H,19,20)/t14-/m1/s1. The van der Waals surface area contributed by atoms with Crippen molar-refractivity contribution in [1.29, 1.82) is 0 Å². The van der Waals surface area contributed by atoms with E-state index in [2.05, 4.69) is 23.2 Å². The number of hydrogen-bond acceptors (Lipinski definition) is 4. The molecule has 2 aromatic rings. The summed E-state index contributed by atoms with van der Waals surface area (Å²) in [4.78, 5) is 16.3. The summed E-state index contributed by atoms with van der Waals surface area (Å²) in [5.74, 6) is 0.149. The molecule has 1 aromatic heterocycles. The number of nitrogens with one attached hydrogen (secondary N) is 1. The van der Waals surface area contributed by atoms with Crippen LogP contribution in [0.15, 0.2) is 36.4 Å². The molecule has 1 aromatic carbocycles. The molecule has 1 aliphatic heterocycles. The van der Waals surface area contributed by atoms with Crippen LogP contribution in [-0.4, -0.2) is 65.8 Å². The molecule has 128 valence electrons. The lowest BCUT2D eigenvalue weighted by molar-refractivity contribution is -0.136. The van der Waals surface area contributed by atoms with Gasteiger partial charge in [-0.25, -0.2) is 0 Å². The highest BCUT2D eigenvalue weighted by Crippen LogP contribution is 2.22. The number of carbonyl (C=O) groups excluding carboxylic acids is 1. The van der Waals surface area contributed by atoms with Crippen molar-refractivity contribution in [2.75, 3.05) is 39.9 Å². The zero-order valence-corrected chi connectivity index (χ0v) is 14.2. The number of morpholine rings is 1. The van der Waals surface area contributed by atoms with Crippen molar-refractivity contribution in [3.63, 3.8) is 0 Å². The monoisotopic (exact) mass is 328 g/mol. The van der Waals surface area contributed by atoms with Crippen molar-refractivity contribution in [1.82, 2.24) is 20.0 Å². The summed E-state index contributed by atoms with van der Waals surface area (Å²) in [7, 11) is 1.96. The minimum atomic E-state index is 0.0833. The summed E-state index contributed by atoms with van der Waals surface area (Å²) >= 11 is 0. The van der Waals surface area contributed by atoms with E-state index >= 15 is 0 Å². The fraction of sp³-hybridized carbons (Fsp3) is 0.444. The van der Waals surface area contributed by atoms with Crippen LogP contribution in [0.4, 0.5) is 0 Å². The SMILES string of the molecule is C[C@H](c1cc(-c2ccccc2)n[nH]1)N(C)CC(=O)N1CCOCC1. The number of ether oxygens (including phenoxy) is 1. The average Bonchev–Trinajstić information content (AvgIpc) is 3.12. The van der Waals surface area contributed by atoms with Gasteiger partial charge >= 0.3 is 0 Å². The van der Waals surface area contributed by atoms with E-state index in [1.165, 1.54) is 0 Å². The molecule has 24 heavy (non-hydrogen) atoms. The molecule has 0 spiro atoms. The molecule has 6 nitrogen and oxygen atoms in total. The fourth-order valence-electron chi connectivity index (χ4n) is 2.81. The zero-order valence-electron chi connectivity index (χ0n) is 14.2. The van der Waals surface area contributed by atoms with Crippen LogP contribution in [0.5, 0.6) is 0 Å². The Morgan fingerprint density at radius 1 is 1.33 bits per heavy atom. The number of hydrogen-bond donors (Lipinski definition) is 1. The molecule has 6 heteroatoms. The van der Waals surface area contributed by atoms with Crippen LogP contribution in [0.1, 0.15) is 18.7 Å². The van der Waals surface area contributed by atoms with Crippen LogP contribution >= 0.6 is 0 Å². The van der Waals surface area contributed by atoms with Crippen molar-refractivity contribution in [3.8, 4) is 11.3 Å². The summed E-state index contributed by atoms with van der Waals surface area (Å²) in [5, 5.41) is 7.50. The van der Waals surface area contributed by atoms with Crippen LogP contribution in [0, 0.1) is 0 Å². The molecule has 2 heterocycles. The van der Waals surface area contributed by atoms with Crippen LogP contribution in [-0.2, 0) is 9.53 Å². The van der Waals surface area contributed by atoms with Gasteiger partial charge in [0.05, 0.1) is 31.1 Å². The number of amides is 1. The molecule has 0 aliphatic carbocycles. The van der Waals surface area contributed by atoms with Crippen molar-refractivity contribution < 1.29 is 9.53 Å². The van der Waals surface area contributed by atoms with Gasteiger partial charge in [-0.2, -0.15) is 5.10 Å². The second-order valence-electron chi connectivity index (χ2n) is 6.16. The highest BCUT2D eigenvalue weighted by Gasteiger charge is 2.22. The van der Waals surface area contributed by atoms with Gasteiger partial charge in [-0.1, -0.05) is 30.3 Å². The van der Waals surface area contributed by atoms with Gasteiger partial charge in [-0.05, 0) is 20.0 Å². The van der Waals surface area contributed by atoms with Gasteiger partial charge in [0.25, 0.3) is 0 Å². The molecule has 0 radical (unpaired) electrons. The lowest BCUT2D eigenvalue weighted by atomic mass is 10.1. The molecule has 3 rings (SSSR count). The van der Waals surface area contributed by atoms with E-state index in [4.69, 9.17) is 4.74 Å². The Kier molecular flexibility index (Phi) is 5.27. The maximum absolute atomic E-state index is 12.4. The van der Waals surface area contributed by atoms with E-state index in [0.717, 1.165) is 17.0 Å². The quantitative estimate of drug-likeness (QED) is 0.911. The number of rotatable bonds is 5. The largest absolute Gasteiger partial charge is 0.378 e. The third-order valence-corrected chi connectivity index (χ3v) is 4.53. The van der Waals surface area contributed by atoms with E-state index in [9.17, 15) is 4.79 Å². The summed E-state index contributed by atoms with van der Waals surface area (Å²) in [5.41, 5.74) is 3.01. The molecule has 0 bridgehead atoms. The predicted molar refractivity (Wildman–Crippen MR) is 92.5 cm³/mol. The molecular weight excluding hydrogens is 304 g/mol. The number of likely N-dealkylation sites (N-methyl/N-ethyl adjacent to an activating group) is 1. The Morgan fingerprint density at radius 2 is 2.04 bits per heavy atom. The van der Waals surface area contributed by atoms with Crippen molar-refractivity contribution >= 4 is 5.91 Å². The first-order valence-corrected chi connectivity index (χ1v) is 8.31. The number of nitrogens with zero attached hydrogens (tertiary/aromatic N) is 3. The van der Waals surface area contributed by atoms with Crippen LogP contribution in [0.3, 0.4) is 0 Å². The topological polar surface area (TPSA) is 61.5 Å². The molecule has 1 N–H and O–H groups in total. The summed E-state index contributed by atoms with van der Waals surface area (Å²) in [6.07, 6.45) is 0. The van der Waals surface area contributed by atoms with Gasteiger partial charge in [0.2, 0.25) is 5.91 Å². The number of benzene rings is 1. The van der Waals surface area contributed by atoms with Gasteiger partial charge in [0.1, 0.15) is 0 Å². The lowest BCUT2D eigenvalue weighted by Crippen LogP contribution is -2.45. The van der Waals surface area contributed by atoms with Gasteiger partial charge in [0.15, 0.2) is 0 Å². The fourth-order valence-corrected chi connectivity index (χ4v) is 2.81. The molecular formula is C18H24N4O2. The van der Waals surface area contributed by atoms with Gasteiger partial charge in [-0.3, -0.25) is 14.8 Å². The Hall–Kier alpha value is -2.18. The first kappa shape index (κ1) is 16.7. The van der Waals surface area contributed by atoms with E-state index in [-0.39, 0.29) is 11.9 Å². The molecule has 1 amide bonds. The average molecular weight is 328 g/mol. The second-order valence-corrected chi connectivity index (χ2v) is 6.16. The van der Waals surface area contributed by atoms with Gasteiger partial charge in [0, 0.05) is 24.7 Å². The van der Waals surface area contributed by atoms with Crippen LogP contribution in [0.25, 0.3) is 11.3 Å². The maximum Gasteiger partial charge on any atom is 0.236 e. The van der Waals surface area contributed by atoms with E-state index in [0.29, 0.717) is 32.8 Å². The minimum absolute atomic E-state index is 0.0833. The molecule has 1 saturated heterocycles. The third-order valence-electron chi connectivity index (χ3n) is 4.53. The predicted octanol–water partition coefficient (Wildman–Crippen LogP) is 1.93. The van der Waals surface area contributed by atoms with Crippen molar-refractivity contribution in [3.05, 3.63) is 42.1 Å².